The molecule has 0 aliphatic heterocycles. The molecule has 0 atom stereocenters. The molecule has 2 heterocycles. The molecular formula is C17H14FN3O5S. The summed E-state index contributed by atoms with van der Waals surface area (Å²) >= 11 is 1.15. The minimum atomic E-state index is -0.832. The van der Waals surface area contributed by atoms with Crippen molar-refractivity contribution in [3.05, 3.63) is 57.6 Å². The number of halogens is 1. The zero-order valence-electron chi connectivity index (χ0n) is 14.1. The molecule has 1 amide bonds. The number of benzene rings is 1. The number of rotatable bonds is 6. The number of nitrogens with zero attached hydrogens (tertiary/aromatic N) is 2. The van der Waals surface area contributed by atoms with Crippen LogP contribution in [-0.2, 0) is 16.1 Å². The van der Waals surface area contributed by atoms with Gasteiger partial charge in [0.15, 0.2) is 0 Å². The summed E-state index contributed by atoms with van der Waals surface area (Å²) in [4.78, 5) is 35.9. The second kappa shape index (κ2) is 7.96. The summed E-state index contributed by atoms with van der Waals surface area (Å²) in [5.74, 6) is -2.42. The van der Waals surface area contributed by atoms with Crippen LogP contribution in [0.5, 0.6) is 0 Å². The maximum absolute atomic E-state index is 13.0. The van der Waals surface area contributed by atoms with Gasteiger partial charge in [0.05, 0.1) is 12.2 Å². The maximum atomic E-state index is 13.0. The molecule has 0 unspecified atom stereocenters. The monoisotopic (exact) mass is 391 g/mol. The molecule has 3 rings (SSSR count). The fraction of sp³-hybridized carbons (Fsp3) is 0.176. The van der Waals surface area contributed by atoms with Crippen molar-refractivity contribution in [3.8, 4) is 11.5 Å². The minimum Gasteiger partial charge on any atom is -0.462 e. The van der Waals surface area contributed by atoms with Gasteiger partial charge in [0, 0.05) is 5.56 Å². The highest BCUT2D eigenvalue weighted by molar-refractivity contribution is 7.14. The Morgan fingerprint density at radius 1 is 1.30 bits per heavy atom. The van der Waals surface area contributed by atoms with Gasteiger partial charge in [-0.05, 0) is 42.6 Å². The average molecular weight is 391 g/mol. The first kappa shape index (κ1) is 18.5. The lowest BCUT2D eigenvalue weighted by molar-refractivity contribution is -0.117. The highest BCUT2D eigenvalue weighted by Gasteiger charge is 2.18. The van der Waals surface area contributed by atoms with E-state index in [-0.39, 0.29) is 18.1 Å². The Bertz CT molecular complexity index is 1020. The molecule has 0 saturated carbocycles. The van der Waals surface area contributed by atoms with E-state index in [0.29, 0.717) is 10.6 Å². The third-order valence-corrected chi connectivity index (χ3v) is 4.23. The van der Waals surface area contributed by atoms with Gasteiger partial charge in [-0.3, -0.25) is 4.79 Å². The molecule has 8 nitrogen and oxygen atoms in total. The van der Waals surface area contributed by atoms with Crippen molar-refractivity contribution in [2.45, 2.75) is 13.5 Å². The summed E-state index contributed by atoms with van der Waals surface area (Å²) in [6.45, 7) is 1.48. The number of ether oxygens (including phenoxy) is 1. The standard InChI is InChI=1S/C17H14FN3O5S/c1-2-25-16(23)12-7-8-27-15(12)19-13(22)9-21-17(24)26-14(20-21)10-3-5-11(18)6-4-10/h3-8H,2,9H2,1H3,(H,19,22). The van der Waals surface area contributed by atoms with Crippen LogP contribution >= 0.6 is 11.3 Å². The lowest BCUT2D eigenvalue weighted by Gasteiger charge is -2.05. The van der Waals surface area contributed by atoms with Crippen molar-refractivity contribution >= 4 is 28.2 Å². The van der Waals surface area contributed by atoms with Crippen molar-refractivity contribution in [3.63, 3.8) is 0 Å². The Kier molecular flexibility index (Phi) is 5.46. The van der Waals surface area contributed by atoms with E-state index in [2.05, 4.69) is 10.4 Å². The predicted octanol–water partition coefficient (Wildman–Crippen LogP) is 2.52. The summed E-state index contributed by atoms with van der Waals surface area (Å²) in [5.41, 5.74) is 0.630. The van der Waals surface area contributed by atoms with Crippen LogP contribution < -0.4 is 11.1 Å². The normalized spacial score (nSPS) is 10.6. The molecule has 0 aliphatic carbocycles. The molecule has 10 heteroatoms. The molecule has 0 fully saturated rings. The first-order valence-corrected chi connectivity index (χ1v) is 8.74. The first-order valence-electron chi connectivity index (χ1n) is 7.86. The Labute approximate surface area is 156 Å². The van der Waals surface area contributed by atoms with Gasteiger partial charge in [-0.15, -0.1) is 16.4 Å². The molecule has 2 aromatic heterocycles. The number of carbonyl (C=O) groups excluding carboxylic acids is 2. The third-order valence-electron chi connectivity index (χ3n) is 3.40. The SMILES string of the molecule is CCOC(=O)c1ccsc1NC(=O)Cn1nc(-c2ccc(F)cc2)oc1=O. The smallest absolute Gasteiger partial charge is 0.437 e. The summed E-state index contributed by atoms with van der Waals surface area (Å²) in [6.07, 6.45) is 0. The lowest BCUT2D eigenvalue weighted by Crippen LogP contribution is -2.26. The largest absolute Gasteiger partial charge is 0.462 e. The quantitative estimate of drug-likeness (QED) is 0.648. The number of nitrogens with one attached hydrogen (secondary N) is 1. The lowest BCUT2D eigenvalue weighted by atomic mass is 10.2. The van der Waals surface area contributed by atoms with Crippen molar-refractivity contribution in [2.24, 2.45) is 0 Å². The van der Waals surface area contributed by atoms with Crippen molar-refractivity contribution in [1.82, 2.24) is 9.78 Å². The summed E-state index contributed by atoms with van der Waals surface area (Å²) in [7, 11) is 0. The maximum Gasteiger partial charge on any atom is 0.437 e. The molecular weight excluding hydrogens is 377 g/mol. The van der Waals surface area contributed by atoms with Crippen LogP contribution in [0, 0.1) is 5.82 Å². The second-order valence-electron chi connectivity index (χ2n) is 5.27. The Hall–Kier alpha value is -3.27. The molecule has 0 radical (unpaired) electrons. The van der Waals surface area contributed by atoms with E-state index in [9.17, 15) is 18.8 Å². The number of hydrogen-bond donors (Lipinski definition) is 1. The molecule has 27 heavy (non-hydrogen) atoms. The fourth-order valence-corrected chi connectivity index (χ4v) is 2.98. The summed E-state index contributed by atoms with van der Waals surface area (Å²) in [6, 6.07) is 6.75. The van der Waals surface area contributed by atoms with Crippen LogP contribution in [0.25, 0.3) is 11.5 Å². The molecule has 1 N–H and O–H groups in total. The second-order valence-corrected chi connectivity index (χ2v) is 6.19. The number of carbonyl (C=O) groups is 2. The van der Waals surface area contributed by atoms with Gasteiger partial charge in [0.2, 0.25) is 11.8 Å². The van der Waals surface area contributed by atoms with Crippen LogP contribution in [0.2, 0.25) is 0 Å². The molecule has 0 bridgehead atoms. The fourth-order valence-electron chi connectivity index (χ4n) is 2.19. The Morgan fingerprint density at radius 2 is 2.04 bits per heavy atom. The van der Waals surface area contributed by atoms with E-state index in [1.54, 1.807) is 12.3 Å². The topological polar surface area (TPSA) is 103 Å². The van der Waals surface area contributed by atoms with Gasteiger partial charge < -0.3 is 14.5 Å². The van der Waals surface area contributed by atoms with E-state index in [0.717, 1.165) is 16.0 Å². The molecule has 0 saturated heterocycles. The number of esters is 1. The number of aromatic nitrogens is 2. The van der Waals surface area contributed by atoms with E-state index < -0.39 is 30.0 Å². The van der Waals surface area contributed by atoms with Crippen LogP contribution in [0.15, 0.2) is 44.9 Å². The van der Waals surface area contributed by atoms with E-state index in [1.807, 2.05) is 0 Å². The third kappa shape index (κ3) is 4.29. The van der Waals surface area contributed by atoms with Crippen LogP contribution in [0.1, 0.15) is 17.3 Å². The van der Waals surface area contributed by atoms with Gasteiger partial charge in [0.1, 0.15) is 17.4 Å². The van der Waals surface area contributed by atoms with Gasteiger partial charge in [-0.2, -0.15) is 4.68 Å². The van der Waals surface area contributed by atoms with E-state index in [4.69, 9.17) is 9.15 Å². The molecule has 3 aromatic rings. The molecule has 140 valence electrons. The molecule has 0 aliphatic rings. The zero-order valence-corrected chi connectivity index (χ0v) is 14.9. The predicted molar refractivity (Wildman–Crippen MR) is 95.1 cm³/mol. The summed E-state index contributed by atoms with van der Waals surface area (Å²) in [5, 5.41) is 8.43. The van der Waals surface area contributed by atoms with Gasteiger partial charge >= 0.3 is 11.7 Å². The Morgan fingerprint density at radius 3 is 2.74 bits per heavy atom. The van der Waals surface area contributed by atoms with Crippen LogP contribution in [-0.4, -0.2) is 28.3 Å². The average Bonchev–Trinajstić information content (AvgIpc) is 3.23. The number of hydrogen-bond acceptors (Lipinski definition) is 7. The van der Waals surface area contributed by atoms with Gasteiger partial charge in [-0.1, -0.05) is 0 Å². The summed E-state index contributed by atoms with van der Waals surface area (Å²) < 4.78 is 23.7. The van der Waals surface area contributed by atoms with E-state index in [1.165, 1.54) is 30.3 Å². The van der Waals surface area contributed by atoms with Crippen molar-refractivity contribution < 1.29 is 23.1 Å². The minimum absolute atomic E-state index is 0.0314. The highest BCUT2D eigenvalue weighted by atomic mass is 32.1. The first-order chi connectivity index (χ1) is 13.0. The zero-order chi connectivity index (χ0) is 19.4. The van der Waals surface area contributed by atoms with Gasteiger partial charge in [0.25, 0.3) is 0 Å². The Balaban J connectivity index is 1.72. The molecule has 1 aromatic carbocycles. The highest BCUT2D eigenvalue weighted by Crippen LogP contribution is 2.24. The van der Waals surface area contributed by atoms with E-state index >= 15 is 0 Å². The number of thiophene rings is 1. The number of amides is 1. The van der Waals surface area contributed by atoms with Gasteiger partial charge in [-0.25, -0.2) is 14.0 Å². The van der Waals surface area contributed by atoms with Crippen molar-refractivity contribution in [1.29, 1.82) is 0 Å². The number of anilines is 1. The van der Waals surface area contributed by atoms with Crippen molar-refractivity contribution in [2.75, 3.05) is 11.9 Å². The molecule has 0 spiro atoms. The van der Waals surface area contributed by atoms with Crippen LogP contribution in [0.3, 0.4) is 0 Å². The van der Waals surface area contributed by atoms with Crippen LogP contribution in [0.4, 0.5) is 9.39 Å².